The van der Waals surface area contributed by atoms with Crippen molar-refractivity contribution in [3.63, 3.8) is 0 Å². The number of halogens is 1. The SMILES string of the molecule is CN(c1nccn(C)c1=O)C1CCCCC1Br. The highest BCUT2D eigenvalue weighted by molar-refractivity contribution is 9.09. The fraction of sp³-hybridized carbons (Fsp3) is 0.667. The van der Waals surface area contributed by atoms with E-state index in [4.69, 9.17) is 0 Å². The highest BCUT2D eigenvalue weighted by Crippen LogP contribution is 2.28. The van der Waals surface area contributed by atoms with Gasteiger partial charge in [0.05, 0.1) is 0 Å². The lowest BCUT2D eigenvalue weighted by atomic mass is 9.94. The lowest BCUT2D eigenvalue weighted by Crippen LogP contribution is -2.44. The average molecular weight is 300 g/mol. The number of hydrogen-bond donors (Lipinski definition) is 0. The second-order valence-electron chi connectivity index (χ2n) is 4.65. The Balaban J connectivity index is 2.27. The molecule has 1 fully saturated rings. The van der Waals surface area contributed by atoms with E-state index in [-0.39, 0.29) is 5.56 Å². The third-order valence-corrected chi connectivity index (χ3v) is 4.55. The summed E-state index contributed by atoms with van der Waals surface area (Å²) < 4.78 is 1.57. The van der Waals surface area contributed by atoms with Crippen LogP contribution in [0.25, 0.3) is 0 Å². The number of aryl methyl sites for hydroxylation is 1. The molecule has 0 amide bonds. The molecule has 1 aromatic rings. The molecule has 1 saturated carbocycles. The van der Waals surface area contributed by atoms with Crippen LogP contribution in [0.5, 0.6) is 0 Å². The number of rotatable bonds is 2. The topological polar surface area (TPSA) is 38.1 Å². The molecule has 1 aliphatic carbocycles. The third-order valence-electron chi connectivity index (χ3n) is 3.48. The number of alkyl halides is 1. The first-order chi connectivity index (χ1) is 8.11. The van der Waals surface area contributed by atoms with E-state index in [0.717, 1.165) is 6.42 Å². The maximum Gasteiger partial charge on any atom is 0.293 e. The van der Waals surface area contributed by atoms with Crippen molar-refractivity contribution in [1.29, 1.82) is 0 Å². The number of hydrogen-bond acceptors (Lipinski definition) is 3. The van der Waals surface area contributed by atoms with Gasteiger partial charge in [-0.05, 0) is 12.8 Å². The third kappa shape index (κ3) is 2.54. The summed E-state index contributed by atoms with van der Waals surface area (Å²) in [4.78, 5) is 18.7. The van der Waals surface area contributed by atoms with E-state index in [0.29, 0.717) is 16.7 Å². The van der Waals surface area contributed by atoms with Crippen molar-refractivity contribution >= 4 is 21.7 Å². The first-order valence-electron chi connectivity index (χ1n) is 6.00. The van der Waals surface area contributed by atoms with Gasteiger partial charge in [0.1, 0.15) is 0 Å². The van der Waals surface area contributed by atoms with Crippen LogP contribution in [-0.4, -0.2) is 27.5 Å². The van der Waals surface area contributed by atoms with Crippen molar-refractivity contribution in [2.45, 2.75) is 36.6 Å². The van der Waals surface area contributed by atoms with Gasteiger partial charge in [-0.2, -0.15) is 0 Å². The van der Waals surface area contributed by atoms with Gasteiger partial charge in [-0.3, -0.25) is 4.79 Å². The molecule has 0 spiro atoms. The van der Waals surface area contributed by atoms with E-state index in [2.05, 4.69) is 20.9 Å². The Bertz CT molecular complexity index is 446. The van der Waals surface area contributed by atoms with Gasteiger partial charge >= 0.3 is 0 Å². The minimum absolute atomic E-state index is 0.0275. The molecule has 2 atom stereocenters. The fourth-order valence-corrected chi connectivity index (χ4v) is 3.33. The highest BCUT2D eigenvalue weighted by atomic mass is 79.9. The molecule has 4 nitrogen and oxygen atoms in total. The molecule has 1 aromatic heterocycles. The smallest absolute Gasteiger partial charge is 0.293 e. The molecule has 0 radical (unpaired) electrons. The molecule has 0 saturated heterocycles. The standard InChI is InChI=1S/C12H18BrN3O/c1-15-8-7-14-11(12(15)17)16(2)10-6-4-3-5-9(10)13/h7-10H,3-6H2,1-2H3. The molecule has 1 aliphatic rings. The van der Waals surface area contributed by atoms with Gasteiger partial charge < -0.3 is 9.47 Å². The Kier molecular flexibility index (Phi) is 3.86. The van der Waals surface area contributed by atoms with Crippen molar-refractivity contribution in [1.82, 2.24) is 9.55 Å². The zero-order chi connectivity index (χ0) is 12.4. The van der Waals surface area contributed by atoms with Crippen LogP contribution in [0.15, 0.2) is 17.2 Å². The molecule has 2 rings (SSSR count). The van der Waals surface area contributed by atoms with Gasteiger partial charge in [0, 0.05) is 37.4 Å². The summed E-state index contributed by atoms with van der Waals surface area (Å²) in [5.74, 6) is 0.548. The average Bonchev–Trinajstić information content (AvgIpc) is 2.32. The second kappa shape index (κ2) is 5.21. The van der Waals surface area contributed by atoms with Crippen molar-refractivity contribution in [3.05, 3.63) is 22.7 Å². The molecular formula is C12H18BrN3O. The van der Waals surface area contributed by atoms with Crippen molar-refractivity contribution < 1.29 is 0 Å². The Labute approximate surface area is 110 Å². The lowest BCUT2D eigenvalue weighted by Gasteiger charge is -2.35. The first-order valence-corrected chi connectivity index (χ1v) is 6.91. The Morgan fingerprint density at radius 1 is 1.47 bits per heavy atom. The second-order valence-corrected chi connectivity index (χ2v) is 5.82. The van der Waals surface area contributed by atoms with Gasteiger partial charge in [0.15, 0.2) is 5.82 Å². The monoisotopic (exact) mass is 299 g/mol. The molecule has 1 heterocycles. The van der Waals surface area contributed by atoms with Gasteiger partial charge in [-0.1, -0.05) is 28.8 Å². The predicted molar refractivity (Wildman–Crippen MR) is 72.9 cm³/mol. The summed E-state index contributed by atoms with van der Waals surface area (Å²) in [6.07, 6.45) is 8.14. The molecule has 2 unspecified atom stereocenters. The van der Waals surface area contributed by atoms with Crippen LogP contribution < -0.4 is 10.5 Å². The quantitative estimate of drug-likeness (QED) is 0.783. The van der Waals surface area contributed by atoms with Gasteiger partial charge in [0.25, 0.3) is 5.56 Å². The van der Waals surface area contributed by atoms with E-state index in [1.165, 1.54) is 19.3 Å². The Hall–Kier alpha value is -0.840. The van der Waals surface area contributed by atoms with Crippen LogP contribution in [0.3, 0.4) is 0 Å². The summed E-state index contributed by atoms with van der Waals surface area (Å²) in [5, 5.41) is 0. The van der Waals surface area contributed by atoms with Gasteiger partial charge in [-0.15, -0.1) is 0 Å². The maximum atomic E-state index is 12.0. The van der Waals surface area contributed by atoms with E-state index in [1.54, 1.807) is 24.0 Å². The molecular weight excluding hydrogens is 282 g/mol. The van der Waals surface area contributed by atoms with Crippen LogP contribution in [0.1, 0.15) is 25.7 Å². The zero-order valence-electron chi connectivity index (χ0n) is 10.3. The van der Waals surface area contributed by atoms with Crippen molar-refractivity contribution in [2.75, 3.05) is 11.9 Å². The van der Waals surface area contributed by atoms with Gasteiger partial charge in [-0.25, -0.2) is 4.98 Å². The lowest BCUT2D eigenvalue weighted by molar-refractivity contribution is 0.441. The summed E-state index contributed by atoms with van der Waals surface area (Å²) in [6.45, 7) is 0. The molecule has 0 aliphatic heterocycles. The number of nitrogens with zero attached hydrogens (tertiary/aromatic N) is 3. The Morgan fingerprint density at radius 2 is 2.18 bits per heavy atom. The number of aromatic nitrogens is 2. The Morgan fingerprint density at radius 3 is 2.88 bits per heavy atom. The largest absolute Gasteiger partial charge is 0.351 e. The zero-order valence-corrected chi connectivity index (χ0v) is 11.9. The summed E-state index contributed by atoms with van der Waals surface area (Å²) >= 11 is 3.72. The molecule has 17 heavy (non-hydrogen) atoms. The molecule has 0 N–H and O–H groups in total. The number of anilines is 1. The highest BCUT2D eigenvalue weighted by Gasteiger charge is 2.28. The van der Waals surface area contributed by atoms with Gasteiger partial charge in [0.2, 0.25) is 0 Å². The van der Waals surface area contributed by atoms with Crippen LogP contribution in [-0.2, 0) is 7.05 Å². The van der Waals surface area contributed by atoms with E-state index >= 15 is 0 Å². The summed E-state index contributed by atoms with van der Waals surface area (Å²) in [7, 11) is 3.72. The minimum Gasteiger partial charge on any atom is -0.351 e. The van der Waals surface area contributed by atoms with Crippen molar-refractivity contribution in [3.8, 4) is 0 Å². The van der Waals surface area contributed by atoms with E-state index in [9.17, 15) is 4.79 Å². The summed E-state index contributed by atoms with van der Waals surface area (Å²) in [5.41, 5.74) is -0.0275. The van der Waals surface area contributed by atoms with Crippen LogP contribution in [0.2, 0.25) is 0 Å². The molecule has 5 heteroatoms. The van der Waals surface area contributed by atoms with Crippen LogP contribution in [0, 0.1) is 0 Å². The molecule has 0 aromatic carbocycles. The van der Waals surface area contributed by atoms with E-state index < -0.39 is 0 Å². The fourth-order valence-electron chi connectivity index (χ4n) is 2.39. The van der Waals surface area contributed by atoms with Crippen LogP contribution in [0.4, 0.5) is 5.82 Å². The minimum atomic E-state index is -0.0275. The first kappa shape index (κ1) is 12.6. The maximum absolute atomic E-state index is 12.0. The molecule has 94 valence electrons. The van der Waals surface area contributed by atoms with Crippen LogP contribution >= 0.6 is 15.9 Å². The van der Waals surface area contributed by atoms with Crippen molar-refractivity contribution in [2.24, 2.45) is 7.05 Å². The normalized spacial score (nSPS) is 24.6. The predicted octanol–water partition coefficient (Wildman–Crippen LogP) is 1.92. The van der Waals surface area contributed by atoms with E-state index in [1.807, 2.05) is 11.9 Å². The summed E-state index contributed by atoms with van der Waals surface area (Å²) in [6, 6.07) is 0.367. The molecule has 0 bridgehead atoms.